The van der Waals surface area contributed by atoms with Gasteiger partial charge in [0.2, 0.25) is 5.88 Å². The van der Waals surface area contributed by atoms with E-state index in [4.69, 9.17) is 25.8 Å². The first-order chi connectivity index (χ1) is 15.0. The molecule has 4 aromatic rings. The molecule has 0 amide bonds. The van der Waals surface area contributed by atoms with Crippen LogP contribution in [0, 0.1) is 0 Å². The SMILES string of the molecule is COCc1c(OC(=O)OC(C)C)ncc2[nH]c3cccc(Cc4ccccc4Cl)c3c12. The number of aromatic nitrogens is 2. The Kier molecular flexibility index (Phi) is 6.11. The Hall–Kier alpha value is -3.09. The van der Waals surface area contributed by atoms with Crippen molar-refractivity contribution in [3.05, 3.63) is 70.4 Å². The first kappa shape index (κ1) is 21.2. The van der Waals surface area contributed by atoms with Crippen molar-refractivity contribution in [2.45, 2.75) is 33.0 Å². The van der Waals surface area contributed by atoms with Crippen molar-refractivity contribution in [1.82, 2.24) is 9.97 Å². The van der Waals surface area contributed by atoms with Crippen LogP contribution in [0.15, 0.2) is 48.7 Å². The zero-order chi connectivity index (χ0) is 22.0. The summed E-state index contributed by atoms with van der Waals surface area (Å²) in [7, 11) is 1.59. The predicted octanol–water partition coefficient (Wildman–Crippen LogP) is 6.03. The maximum atomic E-state index is 12.1. The average Bonchev–Trinajstić information content (AvgIpc) is 3.11. The summed E-state index contributed by atoms with van der Waals surface area (Å²) in [5.74, 6) is 0.174. The van der Waals surface area contributed by atoms with E-state index in [9.17, 15) is 4.79 Å². The van der Waals surface area contributed by atoms with Crippen molar-refractivity contribution in [1.29, 1.82) is 0 Å². The number of nitrogens with one attached hydrogen (secondary N) is 1. The molecule has 0 radical (unpaired) electrons. The highest BCUT2D eigenvalue weighted by Crippen LogP contribution is 2.36. The number of carbonyl (C=O) groups is 1. The highest BCUT2D eigenvalue weighted by atomic mass is 35.5. The number of nitrogens with zero attached hydrogens (tertiary/aromatic N) is 1. The van der Waals surface area contributed by atoms with Crippen molar-refractivity contribution in [3.63, 3.8) is 0 Å². The third-order valence-electron chi connectivity index (χ3n) is 4.95. The van der Waals surface area contributed by atoms with Crippen LogP contribution >= 0.6 is 11.6 Å². The number of hydrogen-bond acceptors (Lipinski definition) is 5. The number of methoxy groups -OCH3 is 1. The number of ether oxygens (including phenoxy) is 3. The summed E-state index contributed by atoms with van der Waals surface area (Å²) in [4.78, 5) is 19.9. The minimum atomic E-state index is -0.796. The van der Waals surface area contributed by atoms with Crippen LogP contribution in [-0.4, -0.2) is 29.3 Å². The van der Waals surface area contributed by atoms with Gasteiger partial charge in [0.25, 0.3) is 0 Å². The molecule has 0 aliphatic carbocycles. The molecule has 1 N–H and O–H groups in total. The first-order valence-corrected chi connectivity index (χ1v) is 10.4. The van der Waals surface area contributed by atoms with Crippen LogP contribution < -0.4 is 4.74 Å². The van der Waals surface area contributed by atoms with Gasteiger partial charge in [0.15, 0.2) is 0 Å². The lowest BCUT2D eigenvalue weighted by molar-refractivity contribution is 0.0705. The molecule has 0 unspecified atom stereocenters. The Morgan fingerprint density at radius 2 is 1.84 bits per heavy atom. The number of aromatic amines is 1. The molecule has 2 aromatic heterocycles. The summed E-state index contributed by atoms with van der Waals surface area (Å²) in [6, 6.07) is 13.9. The summed E-state index contributed by atoms with van der Waals surface area (Å²) in [5.41, 5.74) is 4.60. The molecule has 0 saturated heterocycles. The Morgan fingerprint density at radius 1 is 1.06 bits per heavy atom. The molecule has 0 atom stereocenters. The quantitative estimate of drug-likeness (QED) is 0.372. The van der Waals surface area contributed by atoms with Crippen LogP contribution in [0.3, 0.4) is 0 Å². The molecular weight excluding hydrogens is 416 g/mol. The molecule has 4 rings (SSSR count). The van der Waals surface area contributed by atoms with Crippen molar-refractivity contribution in [2.75, 3.05) is 7.11 Å². The number of carbonyl (C=O) groups excluding carboxylic acids is 1. The highest BCUT2D eigenvalue weighted by molar-refractivity contribution is 6.31. The van der Waals surface area contributed by atoms with Crippen molar-refractivity contribution < 1.29 is 19.0 Å². The Balaban J connectivity index is 1.88. The van der Waals surface area contributed by atoms with E-state index in [1.165, 1.54) is 0 Å². The summed E-state index contributed by atoms with van der Waals surface area (Å²) in [6.45, 7) is 3.74. The largest absolute Gasteiger partial charge is 0.515 e. The monoisotopic (exact) mass is 438 g/mol. The molecule has 0 aliphatic rings. The molecule has 0 spiro atoms. The molecule has 6 nitrogen and oxygen atoms in total. The normalized spacial score (nSPS) is 11.4. The second kappa shape index (κ2) is 8.96. The number of hydrogen-bond donors (Lipinski definition) is 1. The van der Waals surface area contributed by atoms with Gasteiger partial charge in [-0.1, -0.05) is 41.9 Å². The lowest BCUT2D eigenvalue weighted by Gasteiger charge is -2.12. The van der Waals surface area contributed by atoms with E-state index in [0.29, 0.717) is 12.0 Å². The van der Waals surface area contributed by atoms with Gasteiger partial charge in [-0.05, 0) is 43.5 Å². The number of H-pyrrole nitrogens is 1. The molecule has 7 heteroatoms. The van der Waals surface area contributed by atoms with Crippen molar-refractivity contribution in [3.8, 4) is 5.88 Å². The number of benzene rings is 2. The van der Waals surface area contributed by atoms with Crippen LogP contribution in [0.25, 0.3) is 21.8 Å². The average molecular weight is 439 g/mol. The van der Waals surface area contributed by atoms with Gasteiger partial charge in [-0.25, -0.2) is 9.78 Å². The van der Waals surface area contributed by atoms with Crippen LogP contribution in [0.2, 0.25) is 5.02 Å². The number of fused-ring (bicyclic) bond motifs is 3. The van der Waals surface area contributed by atoms with Gasteiger partial charge in [0, 0.05) is 28.4 Å². The molecule has 31 heavy (non-hydrogen) atoms. The van der Waals surface area contributed by atoms with E-state index in [0.717, 1.165) is 38.0 Å². The van der Waals surface area contributed by atoms with Gasteiger partial charge in [0.05, 0.1) is 30.0 Å². The van der Waals surface area contributed by atoms with Gasteiger partial charge in [-0.15, -0.1) is 0 Å². The lowest BCUT2D eigenvalue weighted by Crippen LogP contribution is -2.17. The minimum absolute atomic E-state index is 0.174. The Labute approximate surface area is 185 Å². The fraction of sp³-hybridized carbons (Fsp3) is 0.250. The van der Waals surface area contributed by atoms with Crippen LogP contribution in [0.4, 0.5) is 4.79 Å². The van der Waals surface area contributed by atoms with Crippen LogP contribution in [0.5, 0.6) is 5.88 Å². The first-order valence-electron chi connectivity index (χ1n) is 10.00. The smallest absolute Gasteiger partial charge is 0.431 e. The standard InChI is InChI=1S/C24H23ClN2O4/c1-14(2)30-24(28)31-23-17(13-29-3)22-20(12-26-23)27-19-10-6-8-16(21(19)22)11-15-7-4-5-9-18(15)25/h4-10,12,14,27H,11,13H2,1-3H3. The second-order valence-corrected chi connectivity index (χ2v) is 7.92. The highest BCUT2D eigenvalue weighted by Gasteiger charge is 2.20. The lowest BCUT2D eigenvalue weighted by atomic mass is 9.98. The molecular formula is C24H23ClN2O4. The van der Waals surface area contributed by atoms with E-state index in [-0.39, 0.29) is 18.6 Å². The zero-order valence-electron chi connectivity index (χ0n) is 17.6. The third-order valence-corrected chi connectivity index (χ3v) is 5.32. The van der Waals surface area contributed by atoms with Gasteiger partial charge >= 0.3 is 6.16 Å². The Bertz CT molecular complexity index is 1250. The Morgan fingerprint density at radius 3 is 2.58 bits per heavy atom. The molecule has 2 heterocycles. The summed E-state index contributed by atoms with van der Waals surface area (Å²) >= 11 is 6.41. The van der Waals surface area contributed by atoms with Crippen LogP contribution in [-0.2, 0) is 22.5 Å². The van der Waals surface area contributed by atoms with E-state index in [2.05, 4.69) is 16.0 Å². The topological polar surface area (TPSA) is 73.4 Å². The molecule has 0 bridgehead atoms. The molecule has 160 valence electrons. The third kappa shape index (κ3) is 4.36. The molecule has 0 fully saturated rings. The van der Waals surface area contributed by atoms with Gasteiger partial charge in [-0.3, -0.25) is 0 Å². The maximum absolute atomic E-state index is 12.1. The van der Waals surface area contributed by atoms with Gasteiger partial charge in [0.1, 0.15) is 0 Å². The van der Waals surface area contributed by atoms with E-state index in [1.807, 2.05) is 36.4 Å². The predicted molar refractivity (Wildman–Crippen MR) is 121 cm³/mol. The fourth-order valence-electron chi connectivity index (χ4n) is 3.72. The molecule has 0 aliphatic heterocycles. The fourth-order valence-corrected chi connectivity index (χ4v) is 3.92. The molecule has 2 aromatic carbocycles. The van der Waals surface area contributed by atoms with Gasteiger partial charge in [-0.2, -0.15) is 0 Å². The van der Waals surface area contributed by atoms with Gasteiger partial charge < -0.3 is 19.2 Å². The zero-order valence-corrected chi connectivity index (χ0v) is 18.3. The number of pyridine rings is 1. The summed E-state index contributed by atoms with van der Waals surface area (Å²) in [6.07, 6.45) is 1.23. The second-order valence-electron chi connectivity index (χ2n) is 7.52. The van der Waals surface area contributed by atoms with E-state index in [1.54, 1.807) is 27.2 Å². The van der Waals surface area contributed by atoms with Crippen molar-refractivity contribution in [2.24, 2.45) is 0 Å². The van der Waals surface area contributed by atoms with E-state index >= 15 is 0 Å². The molecule has 0 saturated carbocycles. The van der Waals surface area contributed by atoms with E-state index < -0.39 is 6.16 Å². The summed E-state index contributed by atoms with van der Waals surface area (Å²) < 4.78 is 16.0. The number of rotatable bonds is 6. The van der Waals surface area contributed by atoms with Crippen LogP contribution in [0.1, 0.15) is 30.5 Å². The summed E-state index contributed by atoms with van der Waals surface area (Å²) in [5, 5.41) is 2.65. The maximum Gasteiger partial charge on any atom is 0.515 e. The number of halogens is 1. The minimum Gasteiger partial charge on any atom is -0.431 e. The van der Waals surface area contributed by atoms with Crippen molar-refractivity contribution >= 4 is 39.6 Å².